The van der Waals surface area contributed by atoms with Gasteiger partial charge in [0.1, 0.15) is 0 Å². The van der Waals surface area contributed by atoms with E-state index < -0.39 is 5.91 Å². The van der Waals surface area contributed by atoms with Crippen LogP contribution in [-0.4, -0.2) is 27.8 Å². The van der Waals surface area contributed by atoms with Crippen LogP contribution in [-0.2, 0) is 6.54 Å². The van der Waals surface area contributed by atoms with Gasteiger partial charge in [-0.05, 0) is 39.0 Å². The van der Waals surface area contributed by atoms with Crippen LogP contribution in [0.5, 0.6) is 0 Å². The lowest BCUT2D eigenvalue weighted by Crippen LogP contribution is -2.34. The number of amides is 3. The van der Waals surface area contributed by atoms with Gasteiger partial charge >= 0.3 is 6.03 Å². The Balaban J connectivity index is 1.95. The van der Waals surface area contributed by atoms with Gasteiger partial charge in [-0.25, -0.2) is 9.48 Å². The zero-order valence-corrected chi connectivity index (χ0v) is 16.5. The van der Waals surface area contributed by atoms with Crippen molar-refractivity contribution in [1.29, 1.82) is 0 Å². The van der Waals surface area contributed by atoms with Gasteiger partial charge in [0, 0.05) is 18.0 Å². The molecule has 3 N–H and O–H groups in total. The predicted octanol–water partition coefficient (Wildman–Crippen LogP) is 3.20. The first-order chi connectivity index (χ1) is 13.9. The van der Waals surface area contributed by atoms with Crippen LogP contribution in [0.3, 0.4) is 0 Å². The summed E-state index contributed by atoms with van der Waals surface area (Å²) in [6.45, 7) is 5.84. The van der Waals surface area contributed by atoms with Crippen molar-refractivity contribution in [2.45, 2.75) is 33.4 Å². The molecule has 8 heteroatoms. The fourth-order valence-electron chi connectivity index (χ4n) is 2.92. The number of nitrogens with zero attached hydrogens (tertiary/aromatic N) is 2. The maximum Gasteiger partial charge on any atom is 0.319 e. The van der Waals surface area contributed by atoms with Gasteiger partial charge in [0.05, 0.1) is 16.8 Å². The molecule has 0 atom stereocenters. The molecule has 0 spiro atoms. The van der Waals surface area contributed by atoms with Gasteiger partial charge < -0.3 is 16.0 Å². The number of rotatable bonds is 5. The third-order valence-electron chi connectivity index (χ3n) is 4.23. The van der Waals surface area contributed by atoms with E-state index in [1.165, 1.54) is 4.68 Å². The van der Waals surface area contributed by atoms with Gasteiger partial charge in [-0.3, -0.25) is 9.59 Å². The van der Waals surface area contributed by atoms with E-state index in [1.54, 1.807) is 55.5 Å². The van der Waals surface area contributed by atoms with Crippen LogP contribution in [0.1, 0.15) is 31.3 Å². The van der Waals surface area contributed by atoms with Crippen molar-refractivity contribution >= 4 is 34.1 Å². The summed E-state index contributed by atoms with van der Waals surface area (Å²) in [6.07, 6.45) is 0. The van der Waals surface area contributed by atoms with Gasteiger partial charge in [-0.1, -0.05) is 30.3 Å². The van der Waals surface area contributed by atoms with Crippen molar-refractivity contribution in [2.24, 2.45) is 0 Å². The molecule has 0 unspecified atom stereocenters. The normalized spacial score (nSPS) is 10.8. The third kappa shape index (κ3) is 4.43. The number of hydrogen-bond donors (Lipinski definition) is 3. The molecule has 3 aromatic rings. The Bertz CT molecular complexity index is 1120. The Morgan fingerprint density at radius 2 is 1.55 bits per heavy atom. The predicted molar refractivity (Wildman–Crippen MR) is 113 cm³/mol. The highest BCUT2D eigenvalue weighted by Gasteiger charge is 2.18. The molecule has 0 aliphatic carbocycles. The number of urea groups is 1. The van der Waals surface area contributed by atoms with Crippen LogP contribution in [0.15, 0.2) is 53.3 Å². The number of carbonyl (C=O) groups is 2. The maximum atomic E-state index is 13.0. The molecule has 0 radical (unpaired) electrons. The molecule has 2 aromatic carbocycles. The molecule has 1 heterocycles. The standard InChI is InChI=1S/C21H23N5O3/c1-4-26-20(28)15-10-6-5-9-14(15)18(25-26)19(27)23-16-11-7-8-12-17(16)24-21(29)22-13(2)3/h5-13H,4H2,1-3H3,(H,23,27)(H2,22,24,29). The minimum Gasteiger partial charge on any atom is -0.336 e. The first-order valence-corrected chi connectivity index (χ1v) is 9.38. The van der Waals surface area contributed by atoms with E-state index in [4.69, 9.17) is 0 Å². The number of para-hydroxylation sites is 2. The van der Waals surface area contributed by atoms with Crippen LogP contribution >= 0.6 is 0 Å². The number of aromatic nitrogens is 2. The average molecular weight is 393 g/mol. The lowest BCUT2D eigenvalue weighted by molar-refractivity contribution is 0.102. The highest BCUT2D eigenvalue weighted by molar-refractivity contribution is 6.12. The van der Waals surface area contributed by atoms with E-state index in [0.29, 0.717) is 28.7 Å². The lowest BCUT2D eigenvalue weighted by atomic mass is 10.1. The minimum absolute atomic E-state index is 0.0255. The highest BCUT2D eigenvalue weighted by Crippen LogP contribution is 2.22. The van der Waals surface area contributed by atoms with Gasteiger partial charge in [0.15, 0.2) is 5.69 Å². The minimum atomic E-state index is -0.470. The topological polar surface area (TPSA) is 105 Å². The SMILES string of the molecule is CCn1nc(C(=O)Nc2ccccc2NC(=O)NC(C)C)c2ccccc2c1=O. The fraction of sp³-hybridized carbons (Fsp3) is 0.238. The Hall–Kier alpha value is -3.68. The number of aryl methyl sites for hydroxylation is 1. The number of benzene rings is 2. The molecule has 0 aliphatic heterocycles. The zero-order chi connectivity index (χ0) is 21.0. The van der Waals surface area contributed by atoms with Gasteiger partial charge in [0.25, 0.3) is 11.5 Å². The zero-order valence-electron chi connectivity index (χ0n) is 16.5. The Kier molecular flexibility index (Phi) is 5.92. The van der Waals surface area contributed by atoms with Crippen molar-refractivity contribution in [3.05, 3.63) is 64.6 Å². The summed E-state index contributed by atoms with van der Waals surface area (Å²) in [6, 6.07) is 13.3. The molecular weight excluding hydrogens is 370 g/mol. The molecule has 29 heavy (non-hydrogen) atoms. The van der Waals surface area contributed by atoms with Gasteiger partial charge in [-0.2, -0.15) is 5.10 Å². The largest absolute Gasteiger partial charge is 0.336 e. The molecule has 0 saturated carbocycles. The summed E-state index contributed by atoms with van der Waals surface area (Å²) < 4.78 is 1.26. The second-order valence-electron chi connectivity index (χ2n) is 6.77. The Morgan fingerprint density at radius 3 is 2.17 bits per heavy atom. The summed E-state index contributed by atoms with van der Waals surface area (Å²) in [7, 11) is 0. The van der Waals surface area contributed by atoms with Crippen molar-refractivity contribution in [2.75, 3.05) is 10.6 Å². The summed E-state index contributed by atoms with van der Waals surface area (Å²) in [4.78, 5) is 37.5. The van der Waals surface area contributed by atoms with E-state index in [0.717, 1.165) is 0 Å². The Labute approximate surface area is 167 Å². The second kappa shape index (κ2) is 8.55. The number of fused-ring (bicyclic) bond motifs is 1. The monoisotopic (exact) mass is 393 g/mol. The van der Waals surface area contributed by atoms with E-state index in [1.807, 2.05) is 13.8 Å². The van der Waals surface area contributed by atoms with Crippen molar-refractivity contribution in [3.8, 4) is 0 Å². The maximum absolute atomic E-state index is 13.0. The van der Waals surface area contributed by atoms with Crippen LogP contribution in [0.2, 0.25) is 0 Å². The lowest BCUT2D eigenvalue weighted by Gasteiger charge is -2.15. The quantitative estimate of drug-likeness (QED) is 0.619. The smallest absolute Gasteiger partial charge is 0.319 e. The molecule has 150 valence electrons. The molecule has 3 amide bonds. The van der Waals surface area contributed by atoms with Crippen LogP contribution in [0.25, 0.3) is 10.8 Å². The van der Waals surface area contributed by atoms with E-state index in [9.17, 15) is 14.4 Å². The van der Waals surface area contributed by atoms with E-state index in [2.05, 4.69) is 21.0 Å². The first-order valence-electron chi connectivity index (χ1n) is 9.38. The number of nitrogens with one attached hydrogen (secondary N) is 3. The van der Waals surface area contributed by atoms with Crippen LogP contribution in [0, 0.1) is 0 Å². The molecule has 8 nitrogen and oxygen atoms in total. The molecule has 0 saturated heterocycles. The third-order valence-corrected chi connectivity index (χ3v) is 4.23. The van der Waals surface area contributed by atoms with Crippen LogP contribution < -0.4 is 21.5 Å². The average Bonchev–Trinajstić information content (AvgIpc) is 2.69. The molecular formula is C21H23N5O3. The number of hydrogen-bond acceptors (Lipinski definition) is 4. The van der Waals surface area contributed by atoms with Crippen LogP contribution in [0.4, 0.5) is 16.2 Å². The summed E-state index contributed by atoms with van der Waals surface area (Å²) in [5.41, 5.74) is 0.777. The van der Waals surface area contributed by atoms with Gasteiger partial charge in [-0.15, -0.1) is 0 Å². The molecule has 0 bridgehead atoms. The summed E-state index contributed by atoms with van der Waals surface area (Å²) in [5, 5.41) is 13.4. The molecule has 1 aromatic heterocycles. The number of carbonyl (C=O) groups excluding carboxylic acids is 2. The van der Waals surface area contributed by atoms with Crippen molar-refractivity contribution < 1.29 is 9.59 Å². The summed E-state index contributed by atoms with van der Waals surface area (Å²) in [5.74, 6) is -0.470. The van der Waals surface area contributed by atoms with Crippen molar-refractivity contribution in [3.63, 3.8) is 0 Å². The molecule has 0 fully saturated rings. The van der Waals surface area contributed by atoms with E-state index in [-0.39, 0.29) is 23.3 Å². The van der Waals surface area contributed by atoms with E-state index >= 15 is 0 Å². The molecule has 3 rings (SSSR count). The first kappa shape index (κ1) is 20.1. The van der Waals surface area contributed by atoms with Crippen molar-refractivity contribution in [1.82, 2.24) is 15.1 Å². The second-order valence-corrected chi connectivity index (χ2v) is 6.77. The highest BCUT2D eigenvalue weighted by atomic mass is 16.2. The Morgan fingerprint density at radius 1 is 0.966 bits per heavy atom. The fourth-order valence-corrected chi connectivity index (χ4v) is 2.92. The molecule has 0 aliphatic rings. The summed E-state index contributed by atoms with van der Waals surface area (Å²) >= 11 is 0. The number of anilines is 2. The van der Waals surface area contributed by atoms with Gasteiger partial charge in [0.2, 0.25) is 0 Å².